The summed E-state index contributed by atoms with van der Waals surface area (Å²) in [6.07, 6.45) is 11.6. The zero-order chi connectivity index (χ0) is 22.1. The Morgan fingerprint density at radius 3 is 2.48 bits per heavy atom. The van der Waals surface area contributed by atoms with Gasteiger partial charge >= 0.3 is 0 Å². The van der Waals surface area contributed by atoms with Crippen LogP contribution in [0.25, 0.3) is 0 Å². The van der Waals surface area contributed by atoms with Gasteiger partial charge < -0.3 is 9.84 Å². The van der Waals surface area contributed by atoms with Crippen LogP contribution in [0.15, 0.2) is 48.5 Å². The van der Waals surface area contributed by atoms with Crippen LogP contribution < -0.4 is 4.74 Å². The van der Waals surface area contributed by atoms with Crippen molar-refractivity contribution in [2.45, 2.75) is 109 Å². The van der Waals surface area contributed by atoms with E-state index in [-0.39, 0.29) is 11.5 Å². The first-order chi connectivity index (χ1) is 15.0. The molecule has 0 unspecified atom stereocenters. The Hall–Kier alpha value is -1.80. The van der Waals surface area contributed by atoms with E-state index >= 15 is 0 Å². The van der Waals surface area contributed by atoms with Crippen molar-refractivity contribution in [3.05, 3.63) is 65.2 Å². The second kappa shape index (κ2) is 11.7. The minimum atomic E-state index is -0.181. The van der Waals surface area contributed by atoms with Gasteiger partial charge in [-0.15, -0.1) is 0 Å². The van der Waals surface area contributed by atoms with E-state index in [1.54, 1.807) is 0 Å². The van der Waals surface area contributed by atoms with E-state index in [1.165, 1.54) is 55.2 Å². The standard InChI is InChI=1S/C29H42O2/c1-4-5-6-7-11-19-29(2,3)25-17-18-27(24-15-12-16-26(30)20-24)28(21-25)31-22-23-13-9-8-10-14-23/h8-10,13-14,17-18,21,24,26,30H,4-7,11-12,15-16,19-20,22H2,1-3H3/t24-,26-/m1/s1. The number of aliphatic hydroxyl groups is 1. The number of rotatable bonds is 11. The first-order valence-corrected chi connectivity index (χ1v) is 12.5. The van der Waals surface area contributed by atoms with E-state index in [2.05, 4.69) is 63.2 Å². The van der Waals surface area contributed by atoms with Gasteiger partial charge in [-0.05, 0) is 59.8 Å². The van der Waals surface area contributed by atoms with Gasteiger partial charge in [0, 0.05) is 0 Å². The fourth-order valence-electron chi connectivity index (χ4n) is 4.91. The average molecular weight is 423 g/mol. The Morgan fingerprint density at radius 2 is 1.74 bits per heavy atom. The highest BCUT2D eigenvalue weighted by Crippen LogP contribution is 2.41. The lowest BCUT2D eigenvalue weighted by atomic mass is 9.77. The zero-order valence-electron chi connectivity index (χ0n) is 19.9. The number of benzene rings is 2. The summed E-state index contributed by atoms with van der Waals surface area (Å²) in [4.78, 5) is 0. The van der Waals surface area contributed by atoms with Gasteiger partial charge in [0.1, 0.15) is 12.4 Å². The second-order valence-electron chi connectivity index (χ2n) is 10.1. The van der Waals surface area contributed by atoms with Crippen molar-refractivity contribution in [1.29, 1.82) is 0 Å². The lowest BCUT2D eigenvalue weighted by Gasteiger charge is -2.30. The highest BCUT2D eigenvalue weighted by molar-refractivity contribution is 5.43. The van der Waals surface area contributed by atoms with Gasteiger partial charge in [0.15, 0.2) is 0 Å². The van der Waals surface area contributed by atoms with E-state index < -0.39 is 0 Å². The van der Waals surface area contributed by atoms with Crippen LogP contribution in [0.2, 0.25) is 0 Å². The van der Waals surface area contributed by atoms with Crippen molar-refractivity contribution in [3.63, 3.8) is 0 Å². The molecule has 2 atom stereocenters. The Balaban J connectivity index is 1.77. The molecule has 0 saturated heterocycles. The summed E-state index contributed by atoms with van der Waals surface area (Å²) in [7, 11) is 0. The SMILES string of the molecule is CCCCCCCC(C)(C)c1ccc([C@@H]2CCC[C@@H](O)C2)c(OCc2ccccc2)c1. The average Bonchev–Trinajstić information content (AvgIpc) is 2.78. The zero-order valence-corrected chi connectivity index (χ0v) is 19.9. The number of ether oxygens (including phenoxy) is 1. The first-order valence-electron chi connectivity index (χ1n) is 12.5. The van der Waals surface area contributed by atoms with E-state index in [1.807, 2.05) is 6.07 Å². The molecule has 0 spiro atoms. The van der Waals surface area contributed by atoms with Crippen LogP contribution in [0.5, 0.6) is 5.75 Å². The number of hydrogen-bond acceptors (Lipinski definition) is 2. The van der Waals surface area contributed by atoms with E-state index in [9.17, 15) is 5.11 Å². The molecule has 1 aliphatic rings. The summed E-state index contributed by atoms with van der Waals surface area (Å²) in [6.45, 7) is 7.60. The Labute approximate surface area is 190 Å². The van der Waals surface area contributed by atoms with Crippen LogP contribution in [0.1, 0.15) is 108 Å². The molecular formula is C29H42O2. The van der Waals surface area contributed by atoms with Crippen LogP contribution in [-0.2, 0) is 12.0 Å². The van der Waals surface area contributed by atoms with Gasteiger partial charge in [-0.25, -0.2) is 0 Å². The highest BCUT2D eigenvalue weighted by atomic mass is 16.5. The molecule has 0 bridgehead atoms. The molecule has 0 heterocycles. The third-order valence-electron chi connectivity index (χ3n) is 7.02. The number of hydrogen-bond donors (Lipinski definition) is 1. The molecule has 2 heteroatoms. The van der Waals surface area contributed by atoms with E-state index in [0.29, 0.717) is 12.5 Å². The third-order valence-corrected chi connectivity index (χ3v) is 7.02. The van der Waals surface area contributed by atoms with Crippen LogP contribution >= 0.6 is 0 Å². The normalized spacial score (nSPS) is 19.4. The third kappa shape index (κ3) is 7.10. The van der Waals surface area contributed by atoms with Crippen molar-refractivity contribution in [1.82, 2.24) is 0 Å². The maximum absolute atomic E-state index is 10.2. The first kappa shape index (κ1) is 23.9. The van der Waals surface area contributed by atoms with E-state index in [0.717, 1.165) is 31.4 Å². The van der Waals surface area contributed by atoms with Crippen molar-refractivity contribution >= 4 is 0 Å². The Morgan fingerprint density at radius 1 is 0.968 bits per heavy atom. The molecule has 2 aromatic rings. The van der Waals surface area contributed by atoms with Crippen molar-refractivity contribution in [2.24, 2.45) is 0 Å². The fraction of sp³-hybridized carbons (Fsp3) is 0.586. The predicted molar refractivity (Wildman–Crippen MR) is 131 cm³/mol. The molecule has 1 N–H and O–H groups in total. The maximum Gasteiger partial charge on any atom is 0.123 e. The van der Waals surface area contributed by atoms with Gasteiger partial charge in [-0.2, -0.15) is 0 Å². The quantitative estimate of drug-likeness (QED) is 0.373. The van der Waals surface area contributed by atoms with Crippen LogP contribution in [0, 0.1) is 0 Å². The van der Waals surface area contributed by atoms with Gasteiger partial charge in [0.05, 0.1) is 6.10 Å². The van der Waals surface area contributed by atoms with Gasteiger partial charge in [0.2, 0.25) is 0 Å². The topological polar surface area (TPSA) is 29.5 Å². The summed E-state index contributed by atoms with van der Waals surface area (Å²) < 4.78 is 6.42. The van der Waals surface area contributed by atoms with Crippen molar-refractivity contribution < 1.29 is 9.84 Å². The van der Waals surface area contributed by atoms with Gasteiger partial charge in [0.25, 0.3) is 0 Å². The Kier molecular flexibility index (Phi) is 9.02. The summed E-state index contributed by atoms with van der Waals surface area (Å²) >= 11 is 0. The molecule has 1 fully saturated rings. The molecule has 0 amide bonds. The molecule has 3 rings (SSSR count). The number of unbranched alkanes of at least 4 members (excludes halogenated alkanes) is 4. The smallest absolute Gasteiger partial charge is 0.123 e. The van der Waals surface area contributed by atoms with Crippen molar-refractivity contribution in [2.75, 3.05) is 0 Å². The minimum Gasteiger partial charge on any atom is -0.489 e. The van der Waals surface area contributed by atoms with Gasteiger partial charge in [-0.1, -0.05) is 102 Å². The molecule has 31 heavy (non-hydrogen) atoms. The molecule has 0 radical (unpaired) electrons. The fourth-order valence-corrected chi connectivity index (χ4v) is 4.91. The molecule has 1 aliphatic carbocycles. The van der Waals surface area contributed by atoms with Gasteiger partial charge in [-0.3, -0.25) is 0 Å². The highest BCUT2D eigenvalue weighted by Gasteiger charge is 2.27. The summed E-state index contributed by atoms with van der Waals surface area (Å²) in [6, 6.07) is 17.3. The number of aliphatic hydroxyl groups excluding tert-OH is 1. The van der Waals surface area contributed by atoms with Crippen LogP contribution in [0.3, 0.4) is 0 Å². The monoisotopic (exact) mass is 422 g/mol. The summed E-state index contributed by atoms with van der Waals surface area (Å²) in [5.74, 6) is 1.40. The van der Waals surface area contributed by atoms with Crippen LogP contribution in [0.4, 0.5) is 0 Å². The lowest BCUT2D eigenvalue weighted by Crippen LogP contribution is -2.20. The summed E-state index contributed by atoms with van der Waals surface area (Å²) in [5.41, 5.74) is 3.97. The molecule has 0 aromatic heterocycles. The molecular weight excluding hydrogens is 380 g/mol. The lowest BCUT2D eigenvalue weighted by molar-refractivity contribution is 0.118. The van der Waals surface area contributed by atoms with Crippen molar-refractivity contribution in [3.8, 4) is 5.75 Å². The minimum absolute atomic E-state index is 0.141. The maximum atomic E-state index is 10.2. The Bertz CT molecular complexity index is 781. The molecule has 0 aliphatic heterocycles. The van der Waals surface area contributed by atoms with E-state index in [4.69, 9.17) is 4.74 Å². The summed E-state index contributed by atoms with van der Waals surface area (Å²) in [5, 5.41) is 10.2. The molecule has 2 nitrogen and oxygen atoms in total. The molecule has 2 aromatic carbocycles. The molecule has 1 saturated carbocycles. The largest absolute Gasteiger partial charge is 0.489 e. The molecule has 170 valence electrons. The van der Waals surface area contributed by atoms with Crippen LogP contribution in [-0.4, -0.2) is 11.2 Å². The second-order valence-corrected chi connectivity index (χ2v) is 10.1. The predicted octanol–water partition coefficient (Wildman–Crippen LogP) is 7.92.